The second-order valence-corrected chi connectivity index (χ2v) is 7.88. The topological polar surface area (TPSA) is 61.2 Å². The second-order valence-electron chi connectivity index (χ2n) is 6.07. The van der Waals surface area contributed by atoms with Crippen LogP contribution in [0, 0.1) is 5.92 Å². The third-order valence-electron chi connectivity index (χ3n) is 3.61. The van der Waals surface area contributed by atoms with Crippen molar-refractivity contribution < 1.29 is 13.2 Å². The smallest absolute Gasteiger partial charge is 0.269 e. The number of benzene rings is 2. The van der Waals surface area contributed by atoms with E-state index in [1.165, 1.54) is 16.4 Å². The zero-order valence-corrected chi connectivity index (χ0v) is 15.0. The molecule has 3 rings (SSSR count). The van der Waals surface area contributed by atoms with Gasteiger partial charge >= 0.3 is 0 Å². The predicted molar refractivity (Wildman–Crippen MR) is 97.0 cm³/mol. The molecule has 0 radical (unpaired) electrons. The summed E-state index contributed by atoms with van der Waals surface area (Å²) in [7, 11) is -3.72. The molecule has 5 nitrogen and oxygen atoms in total. The van der Waals surface area contributed by atoms with Gasteiger partial charge in [0.2, 0.25) is 0 Å². The van der Waals surface area contributed by atoms with Crippen molar-refractivity contribution in [2.45, 2.75) is 18.7 Å². The fourth-order valence-corrected chi connectivity index (χ4v) is 3.73. The van der Waals surface area contributed by atoms with E-state index in [4.69, 9.17) is 4.74 Å². The van der Waals surface area contributed by atoms with Gasteiger partial charge in [-0.05, 0) is 30.2 Å². The molecule has 0 bridgehead atoms. The van der Waals surface area contributed by atoms with Gasteiger partial charge in [0.05, 0.1) is 17.1 Å². The van der Waals surface area contributed by atoms with Crippen molar-refractivity contribution in [3.05, 3.63) is 67.0 Å². The van der Waals surface area contributed by atoms with Crippen LogP contribution in [0.15, 0.2) is 71.9 Å². The molecule has 3 aromatic rings. The summed E-state index contributed by atoms with van der Waals surface area (Å²) >= 11 is 0. The first kappa shape index (κ1) is 17.2. The number of nitrogens with zero attached hydrogens (tertiary/aromatic N) is 2. The van der Waals surface area contributed by atoms with Crippen molar-refractivity contribution in [1.82, 2.24) is 8.96 Å². The van der Waals surface area contributed by atoms with E-state index in [-0.39, 0.29) is 4.90 Å². The van der Waals surface area contributed by atoms with Crippen LogP contribution in [-0.2, 0) is 10.0 Å². The Labute approximate surface area is 148 Å². The average Bonchev–Trinajstić information content (AvgIpc) is 3.11. The Bertz CT molecular complexity index is 948. The van der Waals surface area contributed by atoms with Gasteiger partial charge in [0.1, 0.15) is 5.75 Å². The third kappa shape index (κ3) is 3.58. The van der Waals surface area contributed by atoms with Crippen molar-refractivity contribution >= 4 is 10.0 Å². The van der Waals surface area contributed by atoms with Gasteiger partial charge in [-0.3, -0.25) is 0 Å². The van der Waals surface area contributed by atoms with Crippen molar-refractivity contribution in [3.8, 4) is 17.1 Å². The summed E-state index contributed by atoms with van der Waals surface area (Å²) in [6.45, 7) is 4.66. The maximum Gasteiger partial charge on any atom is 0.269 e. The molecule has 0 atom stereocenters. The fraction of sp³-hybridized carbons (Fsp3) is 0.211. The van der Waals surface area contributed by atoms with Gasteiger partial charge in [0.25, 0.3) is 10.0 Å². The van der Waals surface area contributed by atoms with Crippen LogP contribution in [-0.4, -0.2) is 24.0 Å². The molecule has 6 heteroatoms. The van der Waals surface area contributed by atoms with Crippen molar-refractivity contribution in [2.75, 3.05) is 6.61 Å². The summed E-state index contributed by atoms with van der Waals surface area (Å²) in [5, 5.41) is 0. The molecule has 1 heterocycles. The lowest BCUT2D eigenvalue weighted by Crippen LogP contribution is -2.14. The maximum atomic E-state index is 12.9. The first-order chi connectivity index (χ1) is 12.0. The zero-order chi connectivity index (χ0) is 17.9. The summed E-state index contributed by atoms with van der Waals surface area (Å²) < 4.78 is 32.9. The van der Waals surface area contributed by atoms with E-state index in [0.717, 1.165) is 0 Å². The molecule has 0 amide bonds. The molecule has 130 valence electrons. The highest BCUT2D eigenvalue weighted by Crippen LogP contribution is 2.31. The molecule has 2 aromatic carbocycles. The number of hydrogen-bond acceptors (Lipinski definition) is 4. The molecular formula is C19H20N2O3S. The van der Waals surface area contributed by atoms with Gasteiger partial charge in [0, 0.05) is 12.4 Å². The third-order valence-corrected chi connectivity index (χ3v) is 5.29. The highest BCUT2D eigenvalue weighted by Gasteiger charge is 2.22. The standard InChI is InChI=1S/C19H20N2O3S/c1-15(2)14-24-18-11-7-6-10-17(18)19-20-12-13-21(19)25(22,23)16-8-4-3-5-9-16/h3-13,15H,14H2,1-2H3. The van der Waals surface area contributed by atoms with E-state index in [1.54, 1.807) is 30.3 Å². The van der Waals surface area contributed by atoms with Crippen molar-refractivity contribution in [1.29, 1.82) is 0 Å². The molecule has 0 unspecified atom stereocenters. The average molecular weight is 356 g/mol. The summed E-state index contributed by atoms with van der Waals surface area (Å²) in [5.41, 5.74) is 0.646. The molecule has 0 aliphatic carbocycles. The van der Waals surface area contributed by atoms with Crippen molar-refractivity contribution in [2.24, 2.45) is 5.92 Å². The van der Waals surface area contributed by atoms with Crippen LogP contribution >= 0.6 is 0 Å². The van der Waals surface area contributed by atoms with E-state index >= 15 is 0 Å². The van der Waals surface area contributed by atoms with Gasteiger partial charge in [-0.25, -0.2) is 17.4 Å². The lowest BCUT2D eigenvalue weighted by Gasteiger charge is -2.14. The van der Waals surface area contributed by atoms with Crippen LogP contribution in [0.5, 0.6) is 5.75 Å². The summed E-state index contributed by atoms with van der Waals surface area (Å²) in [6.07, 6.45) is 2.94. The van der Waals surface area contributed by atoms with Crippen LogP contribution < -0.4 is 4.74 Å². The first-order valence-corrected chi connectivity index (χ1v) is 9.50. The Morgan fingerprint density at radius 3 is 2.44 bits per heavy atom. The number of hydrogen-bond donors (Lipinski definition) is 0. The van der Waals surface area contributed by atoms with Gasteiger partial charge in [-0.1, -0.05) is 44.2 Å². The van der Waals surface area contributed by atoms with Crippen LogP contribution in [0.25, 0.3) is 11.4 Å². The maximum absolute atomic E-state index is 12.9. The highest BCUT2D eigenvalue weighted by molar-refractivity contribution is 7.90. The monoisotopic (exact) mass is 356 g/mol. The highest BCUT2D eigenvalue weighted by atomic mass is 32.2. The molecule has 0 saturated carbocycles. The molecule has 0 aliphatic rings. The molecule has 0 saturated heterocycles. The largest absolute Gasteiger partial charge is 0.493 e. The molecule has 25 heavy (non-hydrogen) atoms. The van der Waals surface area contributed by atoms with E-state index < -0.39 is 10.0 Å². The molecule has 0 aliphatic heterocycles. The minimum Gasteiger partial charge on any atom is -0.493 e. The van der Waals surface area contributed by atoms with Crippen LogP contribution in [0.4, 0.5) is 0 Å². The minimum atomic E-state index is -3.72. The number of ether oxygens (including phenoxy) is 1. The van der Waals surface area contributed by atoms with E-state index in [2.05, 4.69) is 18.8 Å². The Kier molecular flexibility index (Phi) is 4.90. The lowest BCUT2D eigenvalue weighted by atomic mass is 10.2. The van der Waals surface area contributed by atoms with Crippen molar-refractivity contribution in [3.63, 3.8) is 0 Å². The summed E-state index contributed by atoms with van der Waals surface area (Å²) in [6, 6.07) is 15.7. The number of rotatable bonds is 6. The van der Waals surface area contributed by atoms with E-state index in [0.29, 0.717) is 29.7 Å². The van der Waals surface area contributed by atoms with Gasteiger partial charge in [-0.15, -0.1) is 0 Å². The minimum absolute atomic E-state index is 0.217. The molecule has 0 fully saturated rings. The van der Waals surface area contributed by atoms with E-state index in [1.807, 2.05) is 24.3 Å². The zero-order valence-electron chi connectivity index (χ0n) is 14.2. The fourth-order valence-electron chi connectivity index (χ4n) is 2.41. The van der Waals surface area contributed by atoms with Crippen LogP contribution in [0.3, 0.4) is 0 Å². The molecule has 1 aromatic heterocycles. The van der Waals surface area contributed by atoms with Crippen LogP contribution in [0.1, 0.15) is 13.8 Å². The molecule has 0 spiro atoms. The normalized spacial score (nSPS) is 11.6. The molecular weight excluding hydrogens is 336 g/mol. The number of imidazole rings is 1. The van der Waals surface area contributed by atoms with Gasteiger partial charge in [-0.2, -0.15) is 0 Å². The summed E-state index contributed by atoms with van der Waals surface area (Å²) in [5.74, 6) is 1.32. The van der Waals surface area contributed by atoms with E-state index in [9.17, 15) is 8.42 Å². The predicted octanol–water partition coefficient (Wildman–Crippen LogP) is 3.82. The Morgan fingerprint density at radius 2 is 1.72 bits per heavy atom. The number of aromatic nitrogens is 2. The summed E-state index contributed by atoms with van der Waals surface area (Å²) in [4.78, 5) is 4.49. The van der Waals surface area contributed by atoms with Gasteiger partial charge in [0.15, 0.2) is 5.82 Å². The van der Waals surface area contributed by atoms with Crippen LogP contribution in [0.2, 0.25) is 0 Å². The second kappa shape index (κ2) is 7.11. The number of para-hydroxylation sites is 1. The first-order valence-electron chi connectivity index (χ1n) is 8.06. The van der Waals surface area contributed by atoms with Gasteiger partial charge < -0.3 is 4.74 Å². The SMILES string of the molecule is CC(C)COc1ccccc1-c1nccn1S(=O)(=O)c1ccccc1. The Hall–Kier alpha value is -2.60. The Balaban J connectivity index is 2.07. The molecule has 0 N–H and O–H groups in total. The Morgan fingerprint density at radius 1 is 1.04 bits per heavy atom. The lowest BCUT2D eigenvalue weighted by molar-refractivity contribution is 0.272. The quantitative estimate of drug-likeness (QED) is 0.673.